The molecule has 7 heteroatoms. The summed E-state index contributed by atoms with van der Waals surface area (Å²) < 4.78 is 5.32. The lowest BCUT2D eigenvalue weighted by atomic mass is 9.94. The number of methoxy groups -OCH3 is 1. The molecule has 196 valence electrons. The molecule has 2 N–H and O–H groups in total. The molecule has 38 heavy (non-hydrogen) atoms. The van der Waals surface area contributed by atoms with Gasteiger partial charge in [-0.1, -0.05) is 49.6 Å². The third kappa shape index (κ3) is 5.88. The predicted octanol–water partition coefficient (Wildman–Crippen LogP) is 5.33. The highest BCUT2D eigenvalue weighted by Crippen LogP contribution is 2.28. The zero-order valence-corrected chi connectivity index (χ0v) is 21.7. The van der Waals surface area contributed by atoms with E-state index in [0.29, 0.717) is 0 Å². The van der Waals surface area contributed by atoms with Crippen LogP contribution in [0.1, 0.15) is 54.8 Å². The molecule has 0 radical (unpaired) electrons. The molecule has 1 aliphatic carbocycles. The highest BCUT2D eigenvalue weighted by molar-refractivity contribution is 5.92. The molecule has 0 saturated heterocycles. The number of fused-ring (bicyclic) bond motifs is 1. The molecule has 2 heterocycles. The quantitative estimate of drug-likeness (QED) is 0.319. The minimum Gasteiger partial charge on any atom is -0.497 e. The first-order valence-electron chi connectivity index (χ1n) is 13.3. The number of ether oxygens (including phenoxy) is 1. The van der Waals surface area contributed by atoms with Crippen LogP contribution in [-0.4, -0.2) is 39.8 Å². The van der Waals surface area contributed by atoms with E-state index in [0.717, 1.165) is 59.0 Å². The van der Waals surface area contributed by atoms with Gasteiger partial charge in [-0.25, -0.2) is 0 Å². The average Bonchev–Trinajstić information content (AvgIpc) is 3.37. The van der Waals surface area contributed by atoms with Crippen molar-refractivity contribution in [3.63, 3.8) is 0 Å². The standard InChI is InChI=1S/C31H34N4O3/c1-38-26-13-11-22(12-14-26)21-35(29(36)19-24-20-33-28-10-6-5-9-27(24)28)30(23-15-17-32-18-16-23)31(37)34-25-7-3-2-4-8-25/h5-6,9-18,20,25,30,33H,2-4,7-8,19,21H2,1H3,(H,34,37). The highest BCUT2D eigenvalue weighted by Gasteiger charge is 2.33. The lowest BCUT2D eigenvalue weighted by molar-refractivity contribution is -0.141. The summed E-state index contributed by atoms with van der Waals surface area (Å²) in [7, 11) is 1.63. The molecule has 1 saturated carbocycles. The molecule has 5 rings (SSSR count). The molecule has 1 atom stereocenters. The van der Waals surface area contributed by atoms with Crippen molar-refractivity contribution in [1.29, 1.82) is 0 Å². The molecule has 7 nitrogen and oxygen atoms in total. The van der Waals surface area contributed by atoms with Crippen LogP contribution in [0.4, 0.5) is 0 Å². The Bertz CT molecular complexity index is 1360. The first-order chi connectivity index (χ1) is 18.6. The van der Waals surface area contributed by atoms with Gasteiger partial charge in [0.1, 0.15) is 11.8 Å². The van der Waals surface area contributed by atoms with Crippen LogP contribution in [0.25, 0.3) is 10.9 Å². The van der Waals surface area contributed by atoms with Crippen LogP contribution < -0.4 is 10.1 Å². The summed E-state index contributed by atoms with van der Waals surface area (Å²) in [6, 6.07) is 18.6. The zero-order valence-electron chi connectivity index (χ0n) is 21.7. The molecule has 1 aliphatic rings. The molecule has 2 amide bonds. The van der Waals surface area contributed by atoms with E-state index in [-0.39, 0.29) is 30.8 Å². The van der Waals surface area contributed by atoms with E-state index in [9.17, 15) is 9.59 Å². The molecule has 4 aromatic rings. The van der Waals surface area contributed by atoms with Gasteiger partial charge in [-0.15, -0.1) is 0 Å². The monoisotopic (exact) mass is 510 g/mol. The number of hydrogen-bond acceptors (Lipinski definition) is 4. The van der Waals surface area contributed by atoms with Gasteiger partial charge in [0.15, 0.2) is 0 Å². The molecular weight excluding hydrogens is 476 g/mol. The number of nitrogens with zero attached hydrogens (tertiary/aromatic N) is 2. The fourth-order valence-corrected chi connectivity index (χ4v) is 5.34. The van der Waals surface area contributed by atoms with Crippen LogP contribution in [-0.2, 0) is 22.6 Å². The second-order valence-electron chi connectivity index (χ2n) is 9.93. The summed E-state index contributed by atoms with van der Waals surface area (Å²) in [5.74, 6) is 0.473. The van der Waals surface area contributed by atoms with E-state index < -0.39 is 6.04 Å². The van der Waals surface area contributed by atoms with Crippen molar-refractivity contribution >= 4 is 22.7 Å². The number of carbonyl (C=O) groups excluding carboxylic acids is 2. The van der Waals surface area contributed by atoms with Gasteiger partial charge in [-0.3, -0.25) is 14.6 Å². The second kappa shape index (κ2) is 11.9. The minimum absolute atomic E-state index is 0.119. The Hall–Kier alpha value is -4.13. The zero-order chi connectivity index (χ0) is 26.3. The van der Waals surface area contributed by atoms with Crippen LogP contribution in [0.2, 0.25) is 0 Å². The summed E-state index contributed by atoms with van der Waals surface area (Å²) in [5, 5.41) is 4.28. The van der Waals surface area contributed by atoms with Crippen molar-refractivity contribution in [2.45, 2.75) is 57.2 Å². The van der Waals surface area contributed by atoms with E-state index in [1.54, 1.807) is 24.4 Å². The van der Waals surface area contributed by atoms with Gasteiger partial charge in [0, 0.05) is 42.1 Å². The fourth-order valence-electron chi connectivity index (χ4n) is 5.34. The van der Waals surface area contributed by atoms with Crippen molar-refractivity contribution in [1.82, 2.24) is 20.2 Å². The average molecular weight is 511 g/mol. The number of amides is 2. The number of para-hydroxylation sites is 1. The topological polar surface area (TPSA) is 87.3 Å². The van der Waals surface area contributed by atoms with Gasteiger partial charge < -0.3 is 19.9 Å². The summed E-state index contributed by atoms with van der Waals surface area (Å²) in [6.07, 6.45) is 10.8. The first kappa shape index (κ1) is 25.5. The van der Waals surface area contributed by atoms with Crippen LogP contribution in [0.15, 0.2) is 79.3 Å². The molecular formula is C31H34N4O3. The first-order valence-corrected chi connectivity index (χ1v) is 13.3. The lowest BCUT2D eigenvalue weighted by Crippen LogP contribution is -2.47. The van der Waals surface area contributed by atoms with Gasteiger partial charge in [0.25, 0.3) is 0 Å². The van der Waals surface area contributed by atoms with Gasteiger partial charge in [-0.2, -0.15) is 0 Å². The molecule has 0 spiro atoms. The Balaban J connectivity index is 1.50. The van der Waals surface area contributed by atoms with Crippen LogP contribution in [0.5, 0.6) is 5.75 Å². The Morgan fingerprint density at radius 3 is 2.50 bits per heavy atom. The minimum atomic E-state index is -0.778. The second-order valence-corrected chi connectivity index (χ2v) is 9.93. The molecule has 2 aromatic heterocycles. The third-order valence-electron chi connectivity index (χ3n) is 7.38. The normalized spacial score (nSPS) is 14.7. The number of pyridine rings is 1. The number of nitrogens with one attached hydrogen (secondary N) is 2. The molecule has 2 aromatic carbocycles. The number of benzene rings is 2. The molecule has 1 unspecified atom stereocenters. The summed E-state index contributed by atoms with van der Waals surface area (Å²) in [5.41, 5.74) is 3.56. The van der Waals surface area contributed by atoms with Crippen LogP contribution >= 0.6 is 0 Å². The smallest absolute Gasteiger partial charge is 0.247 e. The Morgan fingerprint density at radius 2 is 1.76 bits per heavy atom. The number of aromatic amines is 1. The summed E-state index contributed by atoms with van der Waals surface area (Å²) >= 11 is 0. The van der Waals surface area contributed by atoms with Crippen molar-refractivity contribution < 1.29 is 14.3 Å². The van der Waals surface area contributed by atoms with E-state index in [1.165, 1.54) is 6.42 Å². The number of rotatable bonds is 9. The largest absolute Gasteiger partial charge is 0.497 e. The Kier molecular flexibility index (Phi) is 8.02. The van der Waals surface area contributed by atoms with Crippen molar-refractivity contribution in [3.05, 3.63) is 95.9 Å². The van der Waals surface area contributed by atoms with Crippen LogP contribution in [0.3, 0.4) is 0 Å². The molecule has 1 fully saturated rings. The number of carbonyl (C=O) groups is 2. The SMILES string of the molecule is COc1ccc(CN(C(=O)Cc2c[nH]c3ccccc23)C(C(=O)NC2CCCCC2)c2ccncc2)cc1. The summed E-state index contributed by atoms with van der Waals surface area (Å²) in [6.45, 7) is 0.288. The highest BCUT2D eigenvalue weighted by atomic mass is 16.5. The van der Waals surface area contributed by atoms with E-state index in [2.05, 4.69) is 15.3 Å². The lowest BCUT2D eigenvalue weighted by Gasteiger charge is -2.33. The van der Waals surface area contributed by atoms with Crippen molar-refractivity contribution in [2.24, 2.45) is 0 Å². The maximum absolute atomic E-state index is 14.1. The Labute approximate surface area is 223 Å². The summed E-state index contributed by atoms with van der Waals surface area (Å²) in [4.78, 5) is 37.1. The molecule has 0 aliphatic heterocycles. The number of aromatic nitrogens is 2. The van der Waals surface area contributed by atoms with Gasteiger partial charge in [0.2, 0.25) is 11.8 Å². The van der Waals surface area contributed by atoms with Gasteiger partial charge in [0.05, 0.1) is 13.5 Å². The maximum Gasteiger partial charge on any atom is 0.247 e. The van der Waals surface area contributed by atoms with Gasteiger partial charge in [-0.05, 0) is 59.9 Å². The van der Waals surface area contributed by atoms with Gasteiger partial charge >= 0.3 is 0 Å². The van der Waals surface area contributed by atoms with Crippen molar-refractivity contribution in [3.8, 4) is 5.75 Å². The van der Waals surface area contributed by atoms with Crippen LogP contribution in [0, 0.1) is 0 Å². The fraction of sp³-hybridized carbons (Fsp3) is 0.323. The van der Waals surface area contributed by atoms with E-state index in [4.69, 9.17) is 4.74 Å². The maximum atomic E-state index is 14.1. The third-order valence-corrected chi connectivity index (χ3v) is 7.38. The number of H-pyrrole nitrogens is 1. The van der Waals surface area contributed by atoms with E-state index in [1.807, 2.05) is 66.9 Å². The number of hydrogen-bond donors (Lipinski definition) is 2. The molecule has 0 bridgehead atoms. The van der Waals surface area contributed by atoms with E-state index >= 15 is 0 Å². The van der Waals surface area contributed by atoms with Crippen molar-refractivity contribution in [2.75, 3.05) is 7.11 Å². The Morgan fingerprint density at radius 1 is 1.03 bits per heavy atom. The predicted molar refractivity (Wildman–Crippen MR) is 148 cm³/mol.